The van der Waals surface area contributed by atoms with Gasteiger partial charge in [0.05, 0.1) is 21.3 Å². The monoisotopic (exact) mass is 316 g/mol. The molecule has 0 N–H and O–H groups in total. The van der Waals surface area contributed by atoms with Gasteiger partial charge in [0.1, 0.15) is 5.75 Å². The molecule has 1 rings (SSSR count). The smallest absolute Gasteiger partial charge is 0.324 e. The van der Waals surface area contributed by atoms with Crippen LogP contribution in [0.4, 0.5) is 0 Å². The van der Waals surface area contributed by atoms with Crippen LogP contribution >= 0.6 is 0 Å². The molecule has 1 aromatic rings. The van der Waals surface area contributed by atoms with E-state index in [-0.39, 0.29) is 12.8 Å². The van der Waals surface area contributed by atoms with Crippen molar-refractivity contribution >= 4 is 18.0 Å². The molecular formula is C18H20O5. The average Bonchev–Trinajstić information content (AvgIpc) is 2.60. The van der Waals surface area contributed by atoms with Crippen LogP contribution in [0.3, 0.4) is 0 Å². The number of carbonyl (C=O) groups is 2. The third-order valence-electron chi connectivity index (χ3n) is 3.45. The van der Waals surface area contributed by atoms with E-state index in [1.54, 1.807) is 19.3 Å². The van der Waals surface area contributed by atoms with Crippen molar-refractivity contribution in [3.63, 3.8) is 0 Å². The van der Waals surface area contributed by atoms with Crippen molar-refractivity contribution in [1.82, 2.24) is 0 Å². The molecule has 0 aliphatic carbocycles. The van der Waals surface area contributed by atoms with Crippen LogP contribution in [0.5, 0.6) is 5.75 Å². The second-order valence-electron chi connectivity index (χ2n) is 4.83. The van der Waals surface area contributed by atoms with Crippen molar-refractivity contribution in [1.29, 1.82) is 0 Å². The number of hydrogen-bond acceptors (Lipinski definition) is 5. The molecular weight excluding hydrogens is 296 g/mol. The predicted molar refractivity (Wildman–Crippen MR) is 86.6 cm³/mol. The van der Waals surface area contributed by atoms with Crippen LogP contribution in [0.25, 0.3) is 6.08 Å². The first-order valence-electron chi connectivity index (χ1n) is 6.95. The van der Waals surface area contributed by atoms with Gasteiger partial charge < -0.3 is 14.2 Å². The van der Waals surface area contributed by atoms with E-state index in [4.69, 9.17) is 20.6 Å². The Kier molecular flexibility index (Phi) is 6.88. The fraction of sp³-hybridized carbons (Fsp3) is 0.333. The van der Waals surface area contributed by atoms with Gasteiger partial charge in [0.15, 0.2) is 5.41 Å². The summed E-state index contributed by atoms with van der Waals surface area (Å²) in [5, 5.41) is 0. The van der Waals surface area contributed by atoms with Crippen LogP contribution in [0, 0.1) is 17.8 Å². The normalized spacial score (nSPS) is 10.9. The van der Waals surface area contributed by atoms with Gasteiger partial charge in [-0.2, -0.15) is 0 Å². The first-order chi connectivity index (χ1) is 11.0. The highest BCUT2D eigenvalue weighted by Crippen LogP contribution is 2.31. The van der Waals surface area contributed by atoms with E-state index in [9.17, 15) is 9.59 Å². The molecule has 5 nitrogen and oxygen atoms in total. The van der Waals surface area contributed by atoms with Crippen LogP contribution in [-0.4, -0.2) is 33.3 Å². The quantitative estimate of drug-likeness (QED) is 0.439. The zero-order chi connectivity index (χ0) is 17.3. The Morgan fingerprint density at radius 3 is 2.13 bits per heavy atom. The van der Waals surface area contributed by atoms with Gasteiger partial charge in [-0.25, -0.2) is 0 Å². The lowest BCUT2D eigenvalue weighted by molar-refractivity contribution is -0.168. The molecule has 0 amide bonds. The molecule has 0 saturated heterocycles. The molecule has 0 radical (unpaired) electrons. The summed E-state index contributed by atoms with van der Waals surface area (Å²) in [6, 6.07) is 7.34. The van der Waals surface area contributed by atoms with Crippen molar-refractivity contribution in [2.75, 3.05) is 21.3 Å². The van der Waals surface area contributed by atoms with Gasteiger partial charge in [-0.3, -0.25) is 9.59 Å². The standard InChI is InChI=1S/C18H20O5/c1-5-12-18(16(19)22-3,17(20)23-4)13-6-7-14-8-10-15(21-2)11-9-14/h1,6-11H,12-13H2,2-4H3/b7-6+. The first kappa shape index (κ1) is 18.3. The molecule has 0 bridgehead atoms. The number of hydrogen-bond donors (Lipinski definition) is 0. The van der Waals surface area contributed by atoms with Crippen LogP contribution in [-0.2, 0) is 19.1 Å². The van der Waals surface area contributed by atoms with E-state index in [0.717, 1.165) is 11.3 Å². The Hall–Kier alpha value is -2.74. The average molecular weight is 316 g/mol. The van der Waals surface area contributed by atoms with Crippen molar-refractivity contribution in [2.45, 2.75) is 12.8 Å². The molecule has 1 aromatic carbocycles. The number of rotatable bonds is 7. The fourth-order valence-corrected chi connectivity index (χ4v) is 2.14. The number of ether oxygens (including phenoxy) is 3. The van der Waals surface area contributed by atoms with E-state index in [1.165, 1.54) is 14.2 Å². The van der Waals surface area contributed by atoms with Crippen molar-refractivity contribution in [2.24, 2.45) is 5.41 Å². The summed E-state index contributed by atoms with van der Waals surface area (Å²) >= 11 is 0. The number of benzene rings is 1. The highest BCUT2D eigenvalue weighted by Gasteiger charge is 2.46. The summed E-state index contributed by atoms with van der Waals surface area (Å²) in [6.07, 6.45) is 8.79. The van der Waals surface area contributed by atoms with Gasteiger partial charge in [-0.1, -0.05) is 24.3 Å². The Bertz CT molecular complexity index is 591. The van der Waals surface area contributed by atoms with Crippen molar-refractivity contribution in [3.8, 4) is 18.1 Å². The lowest BCUT2D eigenvalue weighted by atomic mass is 9.81. The molecule has 0 spiro atoms. The van der Waals surface area contributed by atoms with Gasteiger partial charge in [-0.05, 0) is 24.1 Å². The summed E-state index contributed by atoms with van der Waals surface area (Å²) in [6.45, 7) is 0. The Labute approximate surface area is 136 Å². The number of carbonyl (C=O) groups excluding carboxylic acids is 2. The second-order valence-corrected chi connectivity index (χ2v) is 4.83. The summed E-state index contributed by atoms with van der Waals surface area (Å²) in [4.78, 5) is 24.2. The number of esters is 2. The van der Waals surface area contributed by atoms with Gasteiger partial charge in [0.2, 0.25) is 0 Å². The molecule has 23 heavy (non-hydrogen) atoms. The highest BCUT2D eigenvalue weighted by atomic mass is 16.5. The van der Waals surface area contributed by atoms with Gasteiger partial charge in [0, 0.05) is 6.42 Å². The summed E-state index contributed by atoms with van der Waals surface area (Å²) in [7, 11) is 4.01. The predicted octanol–water partition coefficient (Wildman–Crippen LogP) is 2.45. The topological polar surface area (TPSA) is 61.8 Å². The molecule has 5 heteroatoms. The van der Waals surface area contributed by atoms with Crippen LogP contribution < -0.4 is 4.74 Å². The largest absolute Gasteiger partial charge is 0.497 e. The third-order valence-corrected chi connectivity index (χ3v) is 3.45. The second kappa shape index (κ2) is 8.64. The zero-order valence-electron chi connectivity index (χ0n) is 13.5. The molecule has 122 valence electrons. The first-order valence-corrected chi connectivity index (χ1v) is 6.95. The van der Waals surface area contributed by atoms with Gasteiger partial charge >= 0.3 is 11.9 Å². The summed E-state index contributed by atoms with van der Waals surface area (Å²) < 4.78 is 14.6. The van der Waals surface area contributed by atoms with E-state index in [1.807, 2.05) is 24.3 Å². The van der Waals surface area contributed by atoms with Gasteiger partial charge in [0.25, 0.3) is 0 Å². The SMILES string of the molecule is C#CCC(C/C=C/c1ccc(OC)cc1)(C(=O)OC)C(=O)OC. The molecule has 0 aliphatic rings. The lowest BCUT2D eigenvalue weighted by Crippen LogP contribution is -2.40. The maximum Gasteiger partial charge on any atom is 0.324 e. The highest BCUT2D eigenvalue weighted by molar-refractivity contribution is 6.00. The molecule has 0 aliphatic heterocycles. The summed E-state index contributed by atoms with van der Waals surface area (Å²) in [5.41, 5.74) is -0.628. The molecule has 0 heterocycles. The molecule has 0 saturated carbocycles. The Morgan fingerprint density at radius 1 is 1.13 bits per heavy atom. The molecule has 0 unspecified atom stereocenters. The van der Waals surface area contributed by atoms with Crippen LogP contribution in [0.15, 0.2) is 30.3 Å². The van der Waals surface area contributed by atoms with Gasteiger partial charge in [-0.15, -0.1) is 12.3 Å². The molecule has 0 atom stereocenters. The Balaban J connectivity index is 3.00. The minimum atomic E-state index is -1.53. The number of allylic oxidation sites excluding steroid dienone is 1. The Morgan fingerprint density at radius 2 is 1.70 bits per heavy atom. The van der Waals surface area contributed by atoms with Crippen LogP contribution in [0.1, 0.15) is 18.4 Å². The maximum atomic E-state index is 12.1. The molecule has 0 aromatic heterocycles. The summed E-state index contributed by atoms with van der Waals surface area (Å²) in [5.74, 6) is 1.68. The van der Waals surface area contributed by atoms with E-state index >= 15 is 0 Å². The van der Waals surface area contributed by atoms with E-state index < -0.39 is 17.4 Å². The minimum Gasteiger partial charge on any atom is -0.497 e. The number of terminal acetylenes is 1. The molecule has 0 fully saturated rings. The maximum absolute atomic E-state index is 12.1. The lowest BCUT2D eigenvalue weighted by Gasteiger charge is -2.24. The van der Waals surface area contributed by atoms with Crippen molar-refractivity contribution < 1.29 is 23.8 Å². The fourth-order valence-electron chi connectivity index (χ4n) is 2.14. The minimum absolute atomic E-state index is 0.0859. The van der Waals surface area contributed by atoms with Crippen LogP contribution in [0.2, 0.25) is 0 Å². The van der Waals surface area contributed by atoms with E-state index in [2.05, 4.69) is 5.92 Å². The van der Waals surface area contributed by atoms with E-state index in [0.29, 0.717) is 0 Å². The zero-order valence-corrected chi connectivity index (χ0v) is 13.5. The number of methoxy groups -OCH3 is 3. The van der Waals surface area contributed by atoms with Crippen molar-refractivity contribution in [3.05, 3.63) is 35.9 Å². The third kappa shape index (κ3) is 4.36.